The predicted molar refractivity (Wildman–Crippen MR) is 105 cm³/mol. The zero-order chi connectivity index (χ0) is 18.7. The van der Waals surface area contributed by atoms with E-state index in [9.17, 15) is 14.4 Å². The Hall–Kier alpha value is -1.87. The molecule has 7 nitrogen and oxygen atoms in total. The number of hydrogen-bond acceptors (Lipinski definition) is 6. The highest BCUT2D eigenvalue weighted by molar-refractivity contribution is 7.98. The number of aryl methyl sites for hydroxylation is 2. The van der Waals surface area contributed by atoms with Crippen LogP contribution in [0.2, 0.25) is 0 Å². The van der Waals surface area contributed by atoms with E-state index in [1.807, 2.05) is 0 Å². The molecule has 0 aliphatic heterocycles. The predicted octanol–water partition coefficient (Wildman–Crippen LogP) is 1.30. The Morgan fingerprint density at radius 1 is 1.38 bits per heavy atom. The fourth-order valence-electron chi connectivity index (χ4n) is 3.02. The third-order valence-electron chi connectivity index (χ3n) is 4.41. The third-order valence-corrected chi connectivity index (χ3v) is 6.56. The van der Waals surface area contributed by atoms with Crippen molar-refractivity contribution in [3.8, 4) is 0 Å². The Bertz CT molecular complexity index is 890. The fraction of sp³-hybridized carbons (Fsp3) is 0.529. The average molecular weight is 395 g/mol. The Morgan fingerprint density at radius 2 is 2.19 bits per heavy atom. The number of aromatic amines is 1. The van der Waals surface area contributed by atoms with Crippen LogP contribution in [0.4, 0.5) is 0 Å². The number of thioether (sulfide) groups is 1. The quantitative estimate of drug-likeness (QED) is 0.690. The van der Waals surface area contributed by atoms with Gasteiger partial charge in [-0.05, 0) is 24.8 Å². The lowest BCUT2D eigenvalue weighted by atomic mass is 10.2. The molecule has 0 aromatic carbocycles. The number of hydrogen-bond donors (Lipinski definition) is 2. The first-order chi connectivity index (χ1) is 12.5. The van der Waals surface area contributed by atoms with Crippen LogP contribution in [-0.2, 0) is 28.2 Å². The van der Waals surface area contributed by atoms with Gasteiger partial charge < -0.3 is 15.2 Å². The van der Waals surface area contributed by atoms with Crippen molar-refractivity contribution in [3.63, 3.8) is 0 Å². The molecule has 0 saturated carbocycles. The van der Waals surface area contributed by atoms with E-state index in [0.29, 0.717) is 23.8 Å². The molecule has 9 heteroatoms. The van der Waals surface area contributed by atoms with Crippen molar-refractivity contribution >= 4 is 45.1 Å². The van der Waals surface area contributed by atoms with Gasteiger partial charge in [0.25, 0.3) is 5.56 Å². The van der Waals surface area contributed by atoms with Gasteiger partial charge in [0.05, 0.1) is 17.7 Å². The van der Waals surface area contributed by atoms with E-state index in [2.05, 4.69) is 15.3 Å². The van der Waals surface area contributed by atoms with Gasteiger partial charge in [0.15, 0.2) is 0 Å². The van der Waals surface area contributed by atoms with E-state index < -0.39 is 0 Å². The Labute approximate surface area is 159 Å². The zero-order valence-electron chi connectivity index (χ0n) is 14.9. The van der Waals surface area contributed by atoms with E-state index in [0.717, 1.165) is 29.5 Å². The molecule has 0 fully saturated rings. The first-order valence-electron chi connectivity index (χ1n) is 8.55. The van der Waals surface area contributed by atoms with E-state index in [1.165, 1.54) is 15.3 Å². The molecule has 140 valence electrons. The van der Waals surface area contributed by atoms with Crippen molar-refractivity contribution < 1.29 is 9.59 Å². The highest BCUT2D eigenvalue weighted by atomic mass is 32.2. The zero-order valence-corrected chi connectivity index (χ0v) is 16.5. The maximum Gasteiger partial charge on any atom is 0.259 e. The van der Waals surface area contributed by atoms with Gasteiger partial charge in [-0.3, -0.25) is 14.4 Å². The highest BCUT2D eigenvalue weighted by Gasteiger charge is 2.21. The second-order valence-corrected chi connectivity index (χ2v) is 8.46. The van der Waals surface area contributed by atoms with Crippen molar-refractivity contribution in [2.24, 2.45) is 0 Å². The van der Waals surface area contributed by atoms with E-state index in [4.69, 9.17) is 0 Å². The number of aromatic nitrogens is 2. The fourth-order valence-corrected chi connectivity index (χ4v) is 5.09. The summed E-state index contributed by atoms with van der Waals surface area (Å²) in [6.07, 6.45) is 3.49. The minimum absolute atomic E-state index is 0.0496. The summed E-state index contributed by atoms with van der Waals surface area (Å²) in [5.74, 6) is 1.55. The molecule has 1 aliphatic carbocycles. The van der Waals surface area contributed by atoms with Crippen molar-refractivity contribution in [1.82, 2.24) is 20.2 Å². The van der Waals surface area contributed by atoms with Crippen LogP contribution in [0.5, 0.6) is 0 Å². The molecule has 2 heterocycles. The van der Waals surface area contributed by atoms with E-state index in [1.54, 1.807) is 37.2 Å². The summed E-state index contributed by atoms with van der Waals surface area (Å²) in [5, 5.41) is 3.26. The van der Waals surface area contributed by atoms with Gasteiger partial charge in [0.1, 0.15) is 10.7 Å². The molecule has 2 N–H and O–H groups in total. The van der Waals surface area contributed by atoms with Crippen LogP contribution >= 0.6 is 23.1 Å². The lowest BCUT2D eigenvalue weighted by Crippen LogP contribution is -2.37. The molecule has 2 aromatic heterocycles. The van der Waals surface area contributed by atoms with Gasteiger partial charge in [-0.15, -0.1) is 11.3 Å². The summed E-state index contributed by atoms with van der Waals surface area (Å²) in [6.45, 7) is 0.0641. The van der Waals surface area contributed by atoms with Crippen LogP contribution in [0.1, 0.15) is 29.1 Å². The van der Waals surface area contributed by atoms with Crippen LogP contribution in [0.25, 0.3) is 10.2 Å². The summed E-state index contributed by atoms with van der Waals surface area (Å²) in [6, 6.07) is 0. The molecule has 26 heavy (non-hydrogen) atoms. The lowest BCUT2D eigenvalue weighted by molar-refractivity contribution is -0.134. The molecule has 0 saturated heterocycles. The van der Waals surface area contributed by atoms with Crippen LogP contribution in [0, 0.1) is 0 Å². The Kier molecular flexibility index (Phi) is 5.98. The molecule has 1 aliphatic rings. The second kappa shape index (κ2) is 8.22. The number of fused-ring (bicyclic) bond motifs is 3. The van der Waals surface area contributed by atoms with Gasteiger partial charge in [-0.1, -0.05) is 0 Å². The largest absolute Gasteiger partial charge is 0.358 e. The van der Waals surface area contributed by atoms with Crippen LogP contribution in [-0.4, -0.2) is 53.1 Å². The van der Waals surface area contributed by atoms with E-state index >= 15 is 0 Å². The van der Waals surface area contributed by atoms with Crippen molar-refractivity contribution in [2.45, 2.75) is 31.4 Å². The first kappa shape index (κ1) is 18.9. The lowest BCUT2D eigenvalue weighted by Gasteiger charge is -2.15. The van der Waals surface area contributed by atoms with Crippen LogP contribution in [0.15, 0.2) is 4.79 Å². The molecule has 0 unspecified atom stereocenters. The Balaban J connectivity index is 1.53. The number of amides is 2. The van der Waals surface area contributed by atoms with Crippen molar-refractivity contribution in [1.29, 1.82) is 0 Å². The normalized spacial score (nSPS) is 13.0. The van der Waals surface area contributed by atoms with Gasteiger partial charge in [-0.25, -0.2) is 4.98 Å². The Morgan fingerprint density at radius 3 is 2.96 bits per heavy atom. The molecule has 0 radical (unpaired) electrons. The van der Waals surface area contributed by atoms with Crippen molar-refractivity contribution in [2.75, 3.05) is 26.4 Å². The summed E-state index contributed by atoms with van der Waals surface area (Å²) in [5.41, 5.74) is 1.13. The first-order valence-corrected chi connectivity index (χ1v) is 10.5. The number of likely N-dealkylation sites (N-methyl/N-ethyl adjacent to an activating group) is 2. The molecule has 0 atom stereocenters. The summed E-state index contributed by atoms with van der Waals surface area (Å²) >= 11 is 3.18. The molecule has 3 rings (SSSR count). The maximum atomic E-state index is 12.4. The van der Waals surface area contributed by atoms with Gasteiger partial charge in [0, 0.05) is 31.1 Å². The number of thiophene rings is 1. The molecule has 2 aromatic rings. The maximum absolute atomic E-state index is 12.4. The minimum atomic E-state index is -0.188. The number of carbonyl (C=O) groups excluding carboxylic acids is 2. The molecule has 0 bridgehead atoms. The standard InChI is InChI=1S/C17H22N4O3S2/c1-18-13(22)8-21(2)14(23)6-7-25-9-12-19-16(24)15-10-4-3-5-11(10)26-17(15)20-12/h3-9H2,1-2H3,(H,18,22)(H,19,20,24). The number of rotatable bonds is 7. The second-order valence-electron chi connectivity index (χ2n) is 6.28. The number of nitrogens with zero attached hydrogens (tertiary/aromatic N) is 2. The van der Waals surface area contributed by atoms with Gasteiger partial charge in [-0.2, -0.15) is 11.8 Å². The van der Waals surface area contributed by atoms with Crippen LogP contribution in [0.3, 0.4) is 0 Å². The highest BCUT2D eigenvalue weighted by Crippen LogP contribution is 2.34. The van der Waals surface area contributed by atoms with Crippen LogP contribution < -0.4 is 10.9 Å². The average Bonchev–Trinajstić information content (AvgIpc) is 3.18. The molecule has 0 spiro atoms. The number of carbonyl (C=O) groups is 2. The summed E-state index contributed by atoms with van der Waals surface area (Å²) in [7, 11) is 3.16. The van der Waals surface area contributed by atoms with Gasteiger partial charge in [0.2, 0.25) is 11.8 Å². The number of H-pyrrole nitrogens is 1. The molecule has 2 amide bonds. The van der Waals surface area contributed by atoms with Gasteiger partial charge >= 0.3 is 0 Å². The smallest absolute Gasteiger partial charge is 0.259 e. The van der Waals surface area contributed by atoms with E-state index in [-0.39, 0.29) is 23.9 Å². The molecular weight excluding hydrogens is 372 g/mol. The number of nitrogens with one attached hydrogen (secondary N) is 2. The summed E-state index contributed by atoms with van der Waals surface area (Å²) < 4.78 is 0. The monoisotopic (exact) mass is 394 g/mol. The topological polar surface area (TPSA) is 95.2 Å². The minimum Gasteiger partial charge on any atom is -0.358 e. The SMILES string of the molecule is CNC(=O)CN(C)C(=O)CCSCc1nc2sc3c(c2c(=O)[nH]1)CCC3. The van der Waals surface area contributed by atoms with Crippen molar-refractivity contribution in [3.05, 3.63) is 26.6 Å². The summed E-state index contributed by atoms with van der Waals surface area (Å²) in [4.78, 5) is 46.7. The third kappa shape index (κ3) is 4.09. The molecular formula is C17H22N4O3S2.